The van der Waals surface area contributed by atoms with Gasteiger partial charge in [0.15, 0.2) is 0 Å². The Morgan fingerprint density at radius 2 is 2.00 bits per heavy atom. The van der Waals surface area contributed by atoms with Gasteiger partial charge in [0.05, 0.1) is 11.7 Å². The first-order valence-electron chi connectivity index (χ1n) is 8.00. The van der Waals surface area contributed by atoms with Crippen LogP contribution in [-0.2, 0) is 4.74 Å². The van der Waals surface area contributed by atoms with Gasteiger partial charge in [-0.3, -0.25) is 4.90 Å². The van der Waals surface area contributed by atoms with Crippen LogP contribution in [0.15, 0.2) is 0 Å². The minimum Gasteiger partial charge on any atom is -0.371 e. The lowest BCUT2D eigenvalue weighted by atomic mass is 9.98. The van der Waals surface area contributed by atoms with Crippen molar-refractivity contribution in [2.45, 2.75) is 83.6 Å². The molecule has 0 spiro atoms. The first-order chi connectivity index (χ1) is 8.84. The summed E-state index contributed by atoms with van der Waals surface area (Å²) in [7, 11) is 0. The van der Waals surface area contributed by atoms with Crippen molar-refractivity contribution in [3.05, 3.63) is 0 Å². The Bertz CT molecular complexity index is 305. The van der Waals surface area contributed by atoms with Crippen molar-refractivity contribution in [3.63, 3.8) is 0 Å². The van der Waals surface area contributed by atoms with E-state index in [1.807, 2.05) is 0 Å². The summed E-state index contributed by atoms with van der Waals surface area (Å²) in [6, 6.07) is 0.660. The third-order valence-electron chi connectivity index (χ3n) is 5.06. The zero-order valence-electron chi connectivity index (χ0n) is 13.5. The fourth-order valence-corrected chi connectivity index (χ4v) is 3.37. The van der Waals surface area contributed by atoms with Crippen LogP contribution in [0.2, 0.25) is 0 Å². The summed E-state index contributed by atoms with van der Waals surface area (Å²) in [4.78, 5) is 2.65. The molecule has 112 valence electrons. The number of rotatable bonds is 3. The molecular formula is C16H32N2O. The van der Waals surface area contributed by atoms with E-state index in [9.17, 15) is 0 Å². The van der Waals surface area contributed by atoms with Crippen LogP contribution in [0.3, 0.4) is 0 Å². The highest BCUT2D eigenvalue weighted by atomic mass is 16.5. The molecule has 3 atom stereocenters. The van der Waals surface area contributed by atoms with Gasteiger partial charge in [-0.2, -0.15) is 0 Å². The lowest BCUT2D eigenvalue weighted by molar-refractivity contribution is -0.0346. The molecule has 1 N–H and O–H groups in total. The van der Waals surface area contributed by atoms with E-state index in [1.54, 1.807) is 0 Å². The number of hydrogen-bond donors (Lipinski definition) is 1. The largest absolute Gasteiger partial charge is 0.371 e. The molecule has 2 rings (SSSR count). The fourth-order valence-electron chi connectivity index (χ4n) is 3.37. The topological polar surface area (TPSA) is 24.5 Å². The molecule has 0 aromatic rings. The number of nitrogens with zero attached hydrogens (tertiary/aromatic N) is 1. The summed E-state index contributed by atoms with van der Waals surface area (Å²) < 4.78 is 6.18. The van der Waals surface area contributed by atoms with Gasteiger partial charge in [0.1, 0.15) is 0 Å². The molecule has 3 heteroatoms. The molecule has 3 nitrogen and oxygen atoms in total. The van der Waals surface area contributed by atoms with E-state index < -0.39 is 0 Å². The van der Waals surface area contributed by atoms with E-state index in [2.05, 4.69) is 44.8 Å². The summed E-state index contributed by atoms with van der Waals surface area (Å²) in [5.74, 6) is 0. The molecule has 0 bridgehead atoms. The van der Waals surface area contributed by atoms with Crippen LogP contribution in [0.5, 0.6) is 0 Å². The second-order valence-corrected chi connectivity index (χ2v) is 7.45. The van der Waals surface area contributed by atoms with E-state index >= 15 is 0 Å². The SMILES string of the molecule is CCC1(C)CN(CC2CCC(C)(C)O2)C(C)CCN1. The van der Waals surface area contributed by atoms with Gasteiger partial charge in [-0.15, -0.1) is 0 Å². The van der Waals surface area contributed by atoms with Gasteiger partial charge in [-0.25, -0.2) is 0 Å². The summed E-state index contributed by atoms with van der Waals surface area (Å²) >= 11 is 0. The van der Waals surface area contributed by atoms with E-state index in [0.717, 1.165) is 19.6 Å². The highest BCUT2D eigenvalue weighted by Gasteiger charge is 2.36. The molecule has 2 aliphatic rings. The van der Waals surface area contributed by atoms with Gasteiger partial charge in [-0.05, 0) is 59.9 Å². The average molecular weight is 268 g/mol. The van der Waals surface area contributed by atoms with Crippen molar-refractivity contribution < 1.29 is 4.74 Å². The van der Waals surface area contributed by atoms with Crippen molar-refractivity contribution in [3.8, 4) is 0 Å². The van der Waals surface area contributed by atoms with Crippen LogP contribution < -0.4 is 5.32 Å². The van der Waals surface area contributed by atoms with Crippen molar-refractivity contribution >= 4 is 0 Å². The maximum absolute atomic E-state index is 6.18. The third-order valence-corrected chi connectivity index (χ3v) is 5.06. The van der Waals surface area contributed by atoms with Crippen LogP contribution >= 0.6 is 0 Å². The highest BCUT2D eigenvalue weighted by Crippen LogP contribution is 2.31. The average Bonchev–Trinajstić information content (AvgIpc) is 2.60. The van der Waals surface area contributed by atoms with Gasteiger partial charge in [0.2, 0.25) is 0 Å². The van der Waals surface area contributed by atoms with Crippen LogP contribution in [0.1, 0.15) is 60.3 Å². The molecule has 19 heavy (non-hydrogen) atoms. The Balaban J connectivity index is 1.96. The first kappa shape index (κ1) is 15.3. The molecule has 0 saturated carbocycles. The Labute approximate surface area is 119 Å². The zero-order valence-corrected chi connectivity index (χ0v) is 13.5. The van der Waals surface area contributed by atoms with E-state index in [4.69, 9.17) is 4.74 Å². The molecule has 0 amide bonds. The van der Waals surface area contributed by atoms with Crippen LogP contribution in [0, 0.1) is 0 Å². The van der Waals surface area contributed by atoms with Crippen molar-refractivity contribution in [1.82, 2.24) is 10.2 Å². The number of ether oxygens (including phenoxy) is 1. The third kappa shape index (κ3) is 3.93. The monoisotopic (exact) mass is 268 g/mol. The van der Waals surface area contributed by atoms with Gasteiger partial charge in [0.25, 0.3) is 0 Å². The molecule has 0 radical (unpaired) electrons. The second kappa shape index (κ2) is 5.71. The van der Waals surface area contributed by atoms with E-state index in [0.29, 0.717) is 12.1 Å². The lowest BCUT2D eigenvalue weighted by Gasteiger charge is -2.36. The normalized spacial score (nSPS) is 40.3. The van der Waals surface area contributed by atoms with Crippen molar-refractivity contribution in [2.24, 2.45) is 0 Å². The van der Waals surface area contributed by atoms with Gasteiger partial charge in [-0.1, -0.05) is 6.92 Å². The summed E-state index contributed by atoms with van der Waals surface area (Å²) in [6.07, 6.45) is 5.27. The van der Waals surface area contributed by atoms with Crippen molar-refractivity contribution in [1.29, 1.82) is 0 Å². The minimum atomic E-state index is 0.0893. The molecule has 0 aromatic carbocycles. The smallest absolute Gasteiger partial charge is 0.0710 e. The van der Waals surface area contributed by atoms with Crippen LogP contribution in [0.25, 0.3) is 0 Å². The van der Waals surface area contributed by atoms with Crippen molar-refractivity contribution in [2.75, 3.05) is 19.6 Å². The van der Waals surface area contributed by atoms with Crippen LogP contribution in [-0.4, -0.2) is 47.8 Å². The number of nitrogens with one attached hydrogen (secondary N) is 1. The zero-order chi connectivity index (χ0) is 14.1. The first-order valence-corrected chi connectivity index (χ1v) is 8.00. The molecule has 3 unspecified atom stereocenters. The van der Waals surface area contributed by atoms with Gasteiger partial charge < -0.3 is 10.1 Å². The predicted octanol–water partition coefficient (Wildman–Crippen LogP) is 2.80. The highest BCUT2D eigenvalue weighted by molar-refractivity contribution is 4.92. The summed E-state index contributed by atoms with van der Waals surface area (Å²) in [5.41, 5.74) is 0.352. The molecule has 0 aliphatic carbocycles. The predicted molar refractivity (Wildman–Crippen MR) is 80.5 cm³/mol. The minimum absolute atomic E-state index is 0.0893. The molecular weight excluding hydrogens is 236 g/mol. The van der Waals surface area contributed by atoms with Gasteiger partial charge in [0, 0.05) is 24.7 Å². The molecule has 2 saturated heterocycles. The second-order valence-electron chi connectivity index (χ2n) is 7.45. The van der Waals surface area contributed by atoms with E-state index in [-0.39, 0.29) is 11.1 Å². The summed E-state index contributed by atoms with van der Waals surface area (Å²) in [5, 5.41) is 3.73. The summed E-state index contributed by atoms with van der Waals surface area (Å²) in [6.45, 7) is 14.8. The van der Waals surface area contributed by atoms with Gasteiger partial charge >= 0.3 is 0 Å². The Kier molecular flexibility index (Phi) is 4.59. The Hall–Kier alpha value is -0.120. The standard InChI is InChI=1S/C16H32N2O/c1-6-16(5)12-18(13(2)8-10-17-16)11-14-7-9-15(3,4)19-14/h13-14,17H,6-12H2,1-5H3. The fraction of sp³-hybridized carbons (Fsp3) is 1.00. The van der Waals surface area contributed by atoms with E-state index in [1.165, 1.54) is 25.7 Å². The maximum atomic E-state index is 6.18. The Morgan fingerprint density at radius 1 is 1.26 bits per heavy atom. The maximum Gasteiger partial charge on any atom is 0.0710 e. The quantitative estimate of drug-likeness (QED) is 0.852. The Morgan fingerprint density at radius 3 is 2.58 bits per heavy atom. The molecule has 0 aromatic heterocycles. The molecule has 2 fully saturated rings. The van der Waals surface area contributed by atoms with Crippen LogP contribution in [0.4, 0.5) is 0 Å². The lowest BCUT2D eigenvalue weighted by Crippen LogP contribution is -2.51. The molecule has 2 aliphatic heterocycles. The molecule has 2 heterocycles. The number of hydrogen-bond acceptors (Lipinski definition) is 3.